The Bertz CT molecular complexity index is 747. The van der Waals surface area contributed by atoms with Crippen molar-refractivity contribution in [3.8, 4) is 0 Å². The summed E-state index contributed by atoms with van der Waals surface area (Å²) in [7, 11) is 0. The highest BCUT2D eigenvalue weighted by Gasteiger charge is 2.14. The molecule has 0 fully saturated rings. The van der Waals surface area contributed by atoms with E-state index >= 15 is 0 Å². The van der Waals surface area contributed by atoms with E-state index in [0.717, 1.165) is 35.3 Å². The van der Waals surface area contributed by atoms with Crippen molar-refractivity contribution in [2.24, 2.45) is 0 Å². The van der Waals surface area contributed by atoms with Crippen LogP contribution in [0.3, 0.4) is 0 Å². The van der Waals surface area contributed by atoms with Crippen molar-refractivity contribution in [1.29, 1.82) is 0 Å². The molecule has 0 spiro atoms. The van der Waals surface area contributed by atoms with Crippen molar-refractivity contribution < 1.29 is 0 Å². The topological polar surface area (TPSA) is 30.2 Å². The van der Waals surface area contributed by atoms with Gasteiger partial charge < -0.3 is 0 Å². The lowest BCUT2D eigenvalue weighted by Gasteiger charge is -2.10. The summed E-state index contributed by atoms with van der Waals surface area (Å²) in [5, 5.41) is 5.02. The highest BCUT2D eigenvalue weighted by Crippen LogP contribution is 2.24. The number of aromatic nitrogens is 3. The summed E-state index contributed by atoms with van der Waals surface area (Å²) in [5.41, 5.74) is 5.23. The zero-order valence-corrected chi connectivity index (χ0v) is 12.4. The third-order valence-electron chi connectivity index (χ3n) is 3.57. The Hall–Kier alpha value is -1.87. The maximum atomic E-state index is 6.53. The Morgan fingerprint density at radius 2 is 1.95 bits per heavy atom. The molecule has 1 aromatic carbocycles. The van der Waals surface area contributed by atoms with Crippen LogP contribution in [0.25, 0.3) is 5.65 Å². The molecule has 0 radical (unpaired) electrons. The normalized spacial score (nSPS) is 11.2. The molecule has 0 aliphatic rings. The van der Waals surface area contributed by atoms with Gasteiger partial charge in [0.2, 0.25) is 0 Å². The van der Waals surface area contributed by atoms with Gasteiger partial charge in [0.1, 0.15) is 5.15 Å². The molecule has 3 rings (SSSR count). The monoisotopic (exact) mass is 285 g/mol. The van der Waals surface area contributed by atoms with Gasteiger partial charge in [-0.05, 0) is 18.9 Å². The highest BCUT2D eigenvalue weighted by atomic mass is 35.5. The molecular weight excluding hydrogens is 270 g/mol. The molecule has 0 N–H and O–H groups in total. The van der Waals surface area contributed by atoms with Crippen LogP contribution in [0.5, 0.6) is 0 Å². The van der Waals surface area contributed by atoms with Gasteiger partial charge in [0, 0.05) is 23.2 Å². The van der Waals surface area contributed by atoms with Gasteiger partial charge in [0.05, 0.1) is 6.20 Å². The van der Waals surface area contributed by atoms with Gasteiger partial charge in [-0.2, -0.15) is 5.10 Å². The largest absolute Gasteiger partial charge is 0.233 e. The minimum Gasteiger partial charge on any atom is -0.233 e. The summed E-state index contributed by atoms with van der Waals surface area (Å²) >= 11 is 6.53. The Morgan fingerprint density at radius 1 is 1.20 bits per heavy atom. The van der Waals surface area contributed by atoms with Crippen LogP contribution in [0.2, 0.25) is 5.15 Å². The predicted molar refractivity (Wildman–Crippen MR) is 81.4 cm³/mol. The first kappa shape index (κ1) is 13.1. The van der Waals surface area contributed by atoms with Crippen LogP contribution in [-0.2, 0) is 12.8 Å². The van der Waals surface area contributed by atoms with Gasteiger partial charge in [0.25, 0.3) is 0 Å². The van der Waals surface area contributed by atoms with Crippen molar-refractivity contribution in [2.45, 2.75) is 26.7 Å². The fourth-order valence-corrected chi connectivity index (χ4v) is 2.72. The zero-order chi connectivity index (χ0) is 14.1. The number of halogens is 1. The lowest BCUT2D eigenvalue weighted by Crippen LogP contribution is -2.03. The van der Waals surface area contributed by atoms with Crippen molar-refractivity contribution in [3.05, 3.63) is 64.1 Å². The molecule has 0 amide bonds. The molecule has 0 atom stereocenters. The Kier molecular flexibility index (Phi) is 3.45. The molecule has 0 saturated carbocycles. The van der Waals surface area contributed by atoms with Gasteiger partial charge in [-0.25, -0.2) is 9.50 Å². The van der Waals surface area contributed by atoms with Crippen LogP contribution in [0.4, 0.5) is 0 Å². The predicted octanol–water partition coefficient (Wildman–Crippen LogP) is 3.84. The number of hydrogen-bond donors (Lipinski definition) is 0. The molecule has 3 aromatic rings. The number of rotatable bonds is 3. The van der Waals surface area contributed by atoms with E-state index in [1.54, 1.807) is 4.52 Å². The van der Waals surface area contributed by atoms with Crippen molar-refractivity contribution in [3.63, 3.8) is 0 Å². The minimum atomic E-state index is 0.663. The zero-order valence-electron chi connectivity index (χ0n) is 11.6. The molecule has 0 aliphatic carbocycles. The first-order valence-electron chi connectivity index (χ1n) is 6.76. The van der Waals surface area contributed by atoms with Crippen LogP contribution in [0.1, 0.15) is 29.3 Å². The molecule has 20 heavy (non-hydrogen) atoms. The summed E-state index contributed by atoms with van der Waals surface area (Å²) in [6.07, 6.45) is 3.53. The Labute approximate surface area is 123 Å². The summed E-state index contributed by atoms with van der Waals surface area (Å²) in [6, 6.07) is 10.3. The fraction of sp³-hybridized carbons (Fsp3) is 0.250. The average molecular weight is 286 g/mol. The third-order valence-corrected chi connectivity index (χ3v) is 3.96. The van der Waals surface area contributed by atoms with E-state index in [-0.39, 0.29) is 0 Å². The smallest absolute Gasteiger partial charge is 0.160 e. The summed E-state index contributed by atoms with van der Waals surface area (Å²) < 4.78 is 1.74. The lowest BCUT2D eigenvalue weighted by molar-refractivity contribution is 0.902. The van der Waals surface area contributed by atoms with Crippen molar-refractivity contribution in [1.82, 2.24) is 14.6 Å². The average Bonchev–Trinajstić information content (AvgIpc) is 2.87. The lowest BCUT2D eigenvalue weighted by atomic mass is 10.1. The van der Waals surface area contributed by atoms with Crippen molar-refractivity contribution in [2.75, 3.05) is 0 Å². The van der Waals surface area contributed by atoms with E-state index in [1.165, 1.54) is 5.56 Å². The maximum absolute atomic E-state index is 6.53. The van der Waals surface area contributed by atoms with Gasteiger partial charge in [-0.1, -0.05) is 48.9 Å². The first-order chi connectivity index (χ1) is 9.70. The summed E-state index contributed by atoms with van der Waals surface area (Å²) in [5.74, 6) is 0. The number of fused-ring (bicyclic) bond motifs is 1. The fourth-order valence-electron chi connectivity index (χ4n) is 2.39. The molecule has 0 unspecified atom stereocenters. The number of nitrogens with zero attached hydrogens (tertiary/aromatic N) is 3. The number of benzene rings is 1. The summed E-state index contributed by atoms with van der Waals surface area (Å²) in [4.78, 5) is 4.68. The third kappa shape index (κ3) is 2.18. The van der Waals surface area contributed by atoms with E-state index in [0.29, 0.717) is 5.15 Å². The van der Waals surface area contributed by atoms with Crippen LogP contribution in [-0.4, -0.2) is 14.6 Å². The maximum Gasteiger partial charge on any atom is 0.160 e. The van der Waals surface area contributed by atoms with Gasteiger partial charge >= 0.3 is 0 Å². The molecule has 102 valence electrons. The first-order valence-corrected chi connectivity index (χ1v) is 7.14. The highest BCUT2D eigenvalue weighted by molar-refractivity contribution is 6.30. The quantitative estimate of drug-likeness (QED) is 0.684. The molecule has 4 heteroatoms. The van der Waals surface area contributed by atoms with E-state index in [4.69, 9.17) is 11.6 Å². The standard InChI is InChI=1S/C16H16ClN3/c1-3-13-10-18-20-15(17)14(11(2)19-16(13)20)9-12-7-5-4-6-8-12/h4-8,10H,3,9H2,1-2H3. The van der Waals surface area contributed by atoms with E-state index in [9.17, 15) is 0 Å². The van der Waals surface area contributed by atoms with Gasteiger partial charge in [0.15, 0.2) is 5.65 Å². The van der Waals surface area contributed by atoms with Crippen LogP contribution < -0.4 is 0 Å². The molecule has 2 heterocycles. The van der Waals surface area contributed by atoms with Gasteiger partial charge in [-0.15, -0.1) is 0 Å². The van der Waals surface area contributed by atoms with Crippen LogP contribution in [0, 0.1) is 6.92 Å². The van der Waals surface area contributed by atoms with Gasteiger partial charge in [-0.3, -0.25) is 0 Å². The molecule has 3 nitrogen and oxygen atoms in total. The second-order valence-corrected chi connectivity index (χ2v) is 5.25. The van der Waals surface area contributed by atoms with Crippen LogP contribution >= 0.6 is 11.6 Å². The second-order valence-electron chi connectivity index (χ2n) is 4.89. The molecule has 0 aliphatic heterocycles. The SMILES string of the molecule is CCc1cnn2c(Cl)c(Cc3ccccc3)c(C)nc12. The van der Waals surface area contributed by atoms with E-state index in [1.807, 2.05) is 31.3 Å². The van der Waals surface area contributed by atoms with E-state index < -0.39 is 0 Å². The van der Waals surface area contributed by atoms with Crippen molar-refractivity contribution >= 4 is 17.2 Å². The van der Waals surface area contributed by atoms with Crippen LogP contribution in [0.15, 0.2) is 36.5 Å². The summed E-state index contributed by atoms with van der Waals surface area (Å²) in [6.45, 7) is 4.11. The molecule has 0 bridgehead atoms. The number of hydrogen-bond acceptors (Lipinski definition) is 2. The number of aryl methyl sites for hydroxylation is 2. The Morgan fingerprint density at radius 3 is 2.65 bits per heavy atom. The van der Waals surface area contributed by atoms with E-state index in [2.05, 4.69) is 29.1 Å². The molecule has 0 saturated heterocycles. The minimum absolute atomic E-state index is 0.663. The Balaban J connectivity index is 2.12. The second kappa shape index (κ2) is 5.25. The molecule has 2 aromatic heterocycles. The molecular formula is C16H16ClN3.